The molecule has 0 radical (unpaired) electrons. The van der Waals surface area contributed by atoms with Crippen molar-refractivity contribution in [3.8, 4) is 5.75 Å². The highest BCUT2D eigenvalue weighted by molar-refractivity contribution is 9.10. The highest BCUT2D eigenvalue weighted by Gasteiger charge is 2.18. The Labute approximate surface area is 123 Å². The Morgan fingerprint density at radius 1 is 1.58 bits per heavy atom. The topological polar surface area (TPSA) is 62.2 Å². The van der Waals surface area contributed by atoms with E-state index in [0.29, 0.717) is 0 Å². The van der Waals surface area contributed by atoms with Crippen LogP contribution in [-0.4, -0.2) is 16.0 Å². The molecule has 1 heterocycles. The summed E-state index contributed by atoms with van der Waals surface area (Å²) in [6, 6.07) is 4.68. The SMILES string of the molecule is CCC(NC(=O)c1ccc(Br)cc1O)c1nccs1. The van der Waals surface area contributed by atoms with Crippen LogP contribution in [0, 0.1) is 0 Å². The number of hydrogen-bond donors (Lipinski definition) is 2. The van der Waals surface area contributed by atoms with Crippen molar-refractivity contribution in [3.05, 3.63) is 44.8 Å². The second-order valence-electron chi connectivity index (χ2n) is 3.97. The lowest BCUT2D eigenvalue weighted by atomic mass is 10.1. The van der Waals surface area contributed by atoms with Crippen molar-refractivity contribution < 1.29 is 9.90 Å². The lowest BCUT2D eigenvalue weighted by molar-refractivity contribution is 0.0933. The van der Waals surface area contributed by atoms with Gasteiger partial charge >= 0.3 is 0 Å². The molecule has 100 valence electrons. The van der Waals surface area contributed by atoms with Gasteiger partial charge in [-0.15, -0.1) is 11.3 Å². The van der Waals surface area contributed by atoms with E-state index in [2.05, 4.69) is 26.2 Å². The Morgan fingerprint density at radius 3 is 2.95 bits per heavy atom. The van der Waals surface area contributed by atoms with Crippen LogP contribution in [-0.2, 0) is 0 Å². The zero-order valence-corrected chi connectivity index (χ0v) is 12.7. The normalized spacial score (nSPS) is 12.1. The van der Waals surface area contributed by atoms with Gasteiger partial charge in [0.15, 0.2) is 0 Å². The minimum Gasteiger partial charge on any atom is -0.507 e. The first-order chi connectivity index (χ1) is 9.11. The van der Waals surface area contributed by atoms with Gasteiger partial charge in [-0.1, -0.05) is 22.9 Å². The van der Waals surface area contributed by atoms with E-state index in [9.17, 15) is 9.90 Å². The van der Waals surface area contributed by atoms with E-state index >= 15 is 0 Å². The monoisotopic (exact) mass is 340 g/mol. The molecule has 2 N–H and O–H groups in total. The van der Waals surface area contributed by atoms with Gasteiger partial charge in [0.1, 0.15) is 10.8 Å². The molecule has 0 aliphatic rings. The molecule has 0 bridgehead atoms. The summed E-state index contributed by atoms with van der Waals surface area (Å²) < 4.78 is 0.730. The molecule has 0 spiro atoms. The molecule has 0 saturated heterocycles. The highest BCUT2D eigenvalue weighted by atomic mass is 79.9. The molecular weight excluding hydrogens is 328 g/mol. The average Bonchev–Trinajstić information content (AvgIpc) is 2.89. The molecule has 1 atom stereocenters. The van der Waals surface area contributed by atoms with Gasteiger partial charge in [-0.2, -0.15) is 0 Å². The molecule has 0 aliphatic carbocycles. The summed E-state index contributed by atoms with van der Waals surface area (Å²) in [5.74, 6) is -0.340. The highest BCUT2D eigenvalue weighted by Crippen LogP contribution is 2.24. The fourth-order valence-corrected chi connectivity index (χ4v) is 2.80. The van der Waals surface area contributed by atoms with Gasteiger partial charge in [0.2, 0.25) is 0 Å². The van der Waals surface area contributed by atoms with Crippen LogP contribution in [0.4, 0.5) is 0 Å². The first-order valence-corrected chi connectivity index (χ1v) is 7.48. The van der Waals surface area contributed by atoms with E-state index in [-0.39, 0.29) is 23.3 Å². The van der Waals surface area contributed by atoms with Crippen molar-refractivity contribution in [1.82, 2.24) is 10.3 Å². The molecule has 6 heteroatoms. The molecule has 1 amide bonds. The zero-order valence-electron chi connectivity index (χ0n) is 10.3. The molecular formula is C13H13BrN2O2S. The number of thiazole rings is 1. The Hall–Kier alpha value is -1.40. The molecule has 0 saturated carbocycles. The van der Waals surface area contributed by atoms with E-state index in [1.54, 1.807) is 18.3 Å². The van der Waals surface area contributed by atoms with E-state index in [1.807, 2.05) is 12.3 Å². The van der Waals surface area contributed by atoms with E-state index in [4.69, 9.17) is 0 Å². The van der Waals surface area contributed by atoms with Crippen molar-refractivity contribution in [2.24, 2.45) is 0 Å². The number of carbonyl (C=O) groups is 1. The number of hydrogen-bond acceptors (Lipinski definition) is 4. The van der Waals surface area contributed by atoms with E-state index in [1.165, 1.54) is 17.4 Å². The first kappa shape index (κ1) is 14.0. The van der Waals surface area contributed by atoms with Gasteiger partial charge in [0, 0.05) is 16.0 Å². The number of carbonyl (C=O) groups excluding carboxylic acids is 1. The van der Waals surface area contributed by atoms with Crippen LogP contribution >= 0.6 is 27.3 Å². The molecule has 2 rings (SSSR count). The zero-order chi connectivity index (χ0) is 13.8. The second-order valence-corrected chi connectivity index (χ2v) is 5.81. The smallest absolute Gasteiger partial charge is 0.255 e. The third-order valence-electron chi connectivity index (χ3n) is 2.67. The number of benzene rings is 1. The number of halogens is 1. The maximum absolute atomic E-state index is 12.1. The van der Waals surface area contributed by atoms with Gasteiger partial charge in [-0.25, -0.2) is 4.98 Å². The molecule has 0 aliphatic heterocycles. The van der Waals surface area contributed by atoms with Gasteiger partial charge in [0.25, 0.3) is 5.91 Å². The summed E-state index contributed by atoms with van der Waals surface area (Å²) in [6.45, 7) is 1.98. The molecule has 1 aromatic heterocycles. The fourth-order valence-electron chi connectivity index (χ4n) is 1.68. The molecule has 2 aromatic rings. The molecule has 0 fully saturated rings. The van der Waals surface area contributed by atoms with Crippen LogP contribution < -0.4 is 5.32 Å². The van der Waals surface area contributed by atoms with Gasteiger partial charge in [-0.3, -0.25) is 4.79 Å². The Kier molecular flexibility index (Phi) is 4.55. The van der Waals surface area contributed by atoms with Gasteiger partial charge in [-0.05, 0) is 24.6 Å². The third-order valence-corrected chi connectivity index (χ3v) is 4.05. The second kappa shape index (κ2) is 6.16. The number of amides is 1. The van der Waals surface area contributed by atoms with E-state index < -0.39 is 0 Å². The lowest BCUT2D eigenvalue weighted by Gasteiger charge is -2.15. The summed E-state index contributed by atoms with van der Waals surface area (Å²) in [4.78, 5) is 16.3. The number of rotatable bonds is 4. The Morgan fingerprint density at radius 2 is 2.37 bits per heavy atom. The molecule has 19 heavy (non-hydrogen) atoms. The van der Waals surface area contributed by atoms with Crippen molar-refractivity contribution in [3.63, 3.8) is 0 Å². The number of nitrogens with one attached hydrogen (secondary N) is 1. The molecule has 1 aromatic carbocycles. The number of phenols is 1. The number of nitrogens with zero attached hydrogens (tertiary/aromatic N) is 1. The number of phenolic OH excluding ortho intramolecular Hbond substituents is 1. The van der Waals surface area contributed by atoms with Crippen LogP contribution in [0.2, 0.25) is 0 Å². The minimum absolute atomic E-state index is 0.0409. The summed E-state index contributed by atoms with van der Waals surface area (Å²) in [5.41, 5.74) is 0.262. The third kappa shape index (κ3) is 3.33. The summed E-state index contributed by atoms with van der Waals surface area (Å²) in [5, 5.41) is 15.4. The maximum atomic E-state index is 12.1. The lowest BCUT2D eigenvalue weighted by Crippen LogP contribution is -2.28. The average molecular weight is 341 g/mol. The van der Waals surface area contributed by atoms with Crippen LogP contribution in [0.1, 0.15) is 34.8 Å². The van der Waals surface area contributed by atoms with Crippen LogP contribution in [0.15, 0.2) is 34.2 Å². The summed E-state index contributed by atoms with van der Waals surface area (Å²) >= 11 is 4.74. The number of aromatic hydroxyl groups is 1. The van der Waals surface area contributed by atoms with Crippen LogP contribution in [0.3, 0.4) is 0 Å². The van der Waals surface area contributed by atoms with Crippen molar-refractivity contribution >= 4 is 33.2 Å². The predicted octanol–water partition coefficient (Wildman–Crippen LogP) is 3.49. The fraction of sp³-hybridized carbons (Fsp3) is 0.231. The van der Waals surface area contributed by atoms with E-state index in [0.717, 1.165) is 15.9 Å². The summed E-state index contributed by atoms with van der Waals surface area (Å²) in [7, 11) is 0. The van der Waals surface area contributed by atoms with Gasteiger partial charge in [0.05, 0.1) is 11.6 Å². The molecule has 4 nitrogen and oxygen atoms in total. The minimum atomic E-state index is -0.299. The van der Waals surface area contributed by atoms with Crippen molar-refractivity contribution in [1.29, 1.82) is 0 Å². The standard InChI is InChI=1S/C13H13BrN2O2S/c1-2-10(13-15-5-6-19-13)16-12(18)9-4-3-8(14)7-11(9)17/h3-7,10,17H,2H2,1H3,(H,16,18). The van der Waals surface area contributed by atoms with Crippen molar-refractivity contribution in [2.75, 3.05) is 0 Å². The quantitative estimate of drug-likeness (QED) is 0.895. The van der Waals surface area contributed by atoms with Crippen molar-refractivity contribution in [2.45, 2.75) is 19.4 Å². The number of aromatic nitrogens is 1. The predicted molar refractivity (Wildman–Crippen MR) is 78.4 cm³/mol. The Bertz CT molecular complexity index is 572. The van der Waals surface area contributed by atoms with Crippen LogP contribution in [0.25, 0.3) is 0 Å². The van der Waals surface area contributed by atoms with Crippen LogP contribution in [0.5, 0.6) is 5.75 Å². The summed E-state index contributed by atoms with van der Waals surface area (Å²) in [6.07, 6.45) is 2.46. The maximum Gasteiger partial charge on any atom is 0.255 e. The van der Waals surface area contributed by atoms with Gasteiger partial charge < -0.3 is 10.4 Å². The molecule has 1 unspecified atom stereocenters. The first-order valence-electron chi connectivity index (χ1n) is 5.80. The largest absolute Gasteiger partial charge is 0.507 e. The Balaban J connectivity index is 2.16.